The van der Waals surface area contributed by atoms with Gasteiger partial charge in [0.15, 0.2) is 0 Å². The molecule has 0 aliphatic carbocycles. The summed E-state index contributed by atoms with van der Waals surface area (Å²) in [6.45, 7) is 5.26. The summed E-state index contributed by atoms with van der Waals surface area (Å²) in [5.41, 5.74) is 5.54. The quantitative estimate of drug-likeness (QED) is 0.455. The highest BCUT2D eigenvalue weighted by molar-refractivity contribution is 5.98. The number of hydrogen-bond donors (Lipinski definition) is 1. The first-order valence-electron chi connectivity index (χ1n) is 2.96. The van der Waals surface area contributed by atoms with Crippen LogP contribution in [0.25, 0.3) is 0 Å². The molecule has 0 unspecified atom stereocenters. The summed E-state index contributed by atoms with van der Waals surface area (Å²) in [5, 5.41) is 0. The number of Topliss-reactive ketones (excluding diaryl/α,β-unsaturated/α-hetero) is 1. The predicted octanol–water partition coefficient (Wildman–Crippen LogP) is 0.397. The normalized spacial score (nSPS) is 8.90. The van der Waals surface area contributed by atoms with Crippen molar-refractivity contribution in [3.8, 4) is 0 Å². The van der Waals surface area contributed by atoms with Crippen LogP contribution in [-0.2, 0) is 9.59 Å². The van der Waals surface area contributed by atoms with Crippen molar-refractivity contribution in [1.29, 1.82) is 0 Å². The minimum absolute atomic E-state index is 0.167. The van der Waals surface area contributed by atoms with E-state index >= 15 is 0 Å². The van der Waals surface area contributed by atoms with Crippen LogP contribution in [0, 0.1) is 0 Å². The van der Waals surface area contributed by atoms with Gasteiger partial charge < -0.3 is 5.73 Å². The van der Waals surface area contributed by atoms with Crippen molar-refractivity contribution in [2.24, 2.45) is 5.73 Å². The average molecular weight is 141 g/mol. The van der Waals surface area contributed by atoms with Crippen LogP contribution < -0.4 is 5.73 Å². The van der Waals surface area contributed by atoms with E-state index in [1.807, 2.05) is 0 Å². The fraction of sp³-hybridized carbons (Fsp3) is 0.429. The Kier molecular flexibility index (Phi) is 3.39. The van der Waals surface area contributed by atoms with Gasteiger partial charge in [0.1, 0.15) is 5.78 Å². The molecule has 0 rings (SSSR count). The lowest BCUT2D eigenvalue weighted by Crippen LogP contribution is -2.15. The van der Waals surface area contributed by atoms with Crippen molar-refractivity contribution >= 4 is 11.7 Å². The molecule has 3 nitrogen and oxygen atoms in total. The minimum atomic E-state index is -0.578. The maximum atomic E-state index is 10.7. The van der Waals surface area contributed by atoms with Gasteiger partial charge in [0, 0.05) is 6.42 Å². The van der Waals surface area contributed by atoms with Crippen LogP contribution in [-0.4, -0.2) is 11.7 Å². The van der Waals surface area contributed by atoms with E-state index in [9.17, 15) is 9.59 Å². The van der Waals surface area contributed by atoms with Gasteiger partial charge in [0.25, 0.3) is 0 Å². The van der Waals surface area contributed by atoms with E-state index in [0.717, 1.165) is 5.57 Å². The number of allylic oxidation sites excluding steroid dienone is 1. The molecule has 0 heterocycles. The molecular weight excluding hydrogens is 130 g/mol. The van der Waals surface area contributed by atoms with E-state index in [1.165, 1.54) is 0 Å². The third kappa shape index (κ3) is 5.03. The summed E-state index contributed by atoms with van der Waals surface area (Å²) in [7, 11) is 0. The fourth-order valence-corrected chi connectivity index (χ4v) is 0.593. The van der Waals surface area contributed by atoms with Crippen LogP contribution in [0.4, 0.5) is 0 Å². The van der Waals surface area contributed by atoms with Crippen molar-refractivity contribution in [3.05, 3.63) is 12.2 Å². The number of ketones is 1. The molecule has 56 valence electrons. The van der Waals surface area contributed by atoms with Gasteiger partial charge in [-0.2, -0.15) is 0 Å². The number of primary amides is 1. The Labute approximate surface area is 59.9 Å². The maximum Gasteiger partial charge on any atom is 0.224 e. The predicted molar refractivity (Wildman–Crippen MR) is 38.2 cm³/mol. The first-order chi connectivity index (χ1) is 4.52. The highest BCUT2D eigenvalue weighted by Crippen LogP contribution is 1.98. The molecule has 10 heavy (non-hydrogen) atoms. The Balaban J connectivity index is 3.65. The van der Waals surface area contributed by atoms with E-state index < -0.39 is 5.91 Å². The SMILES string of the molecule is C=C(C)CC(=O)CC(N)=O. The Bertz CT molecular complexity index is 154. The van der Waals surface area contributed by atoms with Gasteiger partial charge in [0.05, 0.1) is 6.42 Å². The van der Waals surface area contributed by atoms with E-state index in [0.29, 0.717) is 0 Å². The van der Waals surface area contributed by atoms with Crippen molar-refractivity contribution in [2.45, 2.75) is 19.8 Å². The van der Waals surface area contributed by atoms with E-state index in [-0.39, 0.29) is 18.6 Å². The standard InChI is InChI=1S/C7H11NO2/c1-5(2)3-6(9)4-7(8)10/h1,3-4H2,2H3,(H2,8,10). The van der Waals surface area contributed by atoms with Crippen LogP contribution >= 0.6 is 0 Å². The van der Waals surface area contributed by atoms with Crippen molar-refractivity contribution in [2.75, 3.05) is 0 Å². The fourth-order valence-electron chi connectivity index (χ4n) is 0.593. The lowest BCUT2D eigenvalue weighted by atomic mass is 10.1. The molecule has 2 N–H and O–H groups in total. The van der Waals surface area contributed by atoms with Crippen molar-refractivity contribution < 1.29 is 9.59 Å². The Morgan fingerprint density at radius 3 is 2.20 bits per heavy atom. The van der Waals surface area contributed by atoms with Gasteiger partial charge in [0.2, 0.25) is 5.91 Å². The largest absolute Gasteiger partial charge is 0.369 e. The second kappa shape index (κ2) is 3.82. The molecule has 0 aromatic heterocycles. The van der Waals surface area contributed by atoms with Crippen LogP contribution in [0.2, 0.25) is 0 Å². The average Bonchev–Trinajstić information content (AvgIpc) is 1.58. The summed E-state index contributed by atoms with van der Waals surface area (Å²) in [6, 6.07) is 0. The first kappa shape index (κ1) is 8.88. The number of rotatable bonds is 4. The minimum Gasteiger partial charge on any atom is -0.369 e. The van der Waals surface area contributed by atoms with E-state index in [2.05, 4.69) is 6.58 Å². The van der Waals surface area contributed by atoms with Crippen LogP contribution in [0.5, 0.6) is 0 Å². The molecule has 0 fully saturated rings. The monoisotopic (exact) mass is 141 g/mol. The van der Waals surface area contributed by atoms with Crippen molar-refractivity contribution in [3.63, 3.8) is 0 Å². The van der Waals surface area contributed by atoms with E-state index in [4.69, 9.17) is 5.73 Å². The third-order valence-corrected chi connectivity index (χ3v) is 0.870. The smallest absolute Gasteiger partial charge is 0.224 e. The van der Waals surface area contributed by atoms with Gasteiger partial charge in [-0.05, 0) is 6.92 Å². The molecule has 0 radical (unpaired) electrons. The molecule has 0 atom stereocenters. The third-order valence-electron chi connectivity index (χ3n) is 0.870. The second-order valence-corrected chi connectivity index (χ2v) is 2.32. The molecular formula is C7H11NO2. The molecule has 0 saturated heterocycles. The van der Waals surface area contributed by atoms with Crippen LogP contribution in [0.15, 0.2) is 12.2 Å². The first-order valence-corrected chi connectivity index (χ1v) is 2.96. The molecule has 0 aromatic rings. The van der Waals surface area contributed by atoms with Crippen LogP contribution in [0.1, 0.15) is 19.8 Å². The Morgan fingerprint density at radius 2 is 1.90 bits per heavy atom. The molecule has 0 spiro atoms. The zero-order valence-electron chi connectivity index (χ0n) is 6.02. The Morgan fingerprint density at radius 1 is 1.40 bits per heavy atom. The van der Waals surface area contributed by atoms with Gasteiger partial charge >= 0.3 is 0 Å². The van der Waals surface area contributed by atoms with Gasteiger partial charge in [-0.25, -0.2) is 0 Å². The summed E-state index contributed by atoms with van der Waals surface area (Å²) < 4.78 is 0. The molecule has 0 aromatic carbocycles. The molecule has 0 saturated carbocycles. The number of carbonyl (C=O) groups is 2. The highest BCUT2D eigenvalue weighted by Gasteiger charge is 2.04. The zero-order valence-corrected chi connectivity index (χ0v) is 6.02. The summed E-state index contributed by atoms with van der Waals surface area (Å²) in [4.78, 5) is 20.9. The summed E-state index contributed by atoms with van der Waals surface area (Å²) in [5.74, 6) is -0.744. The molecule has 0 aliphatic rings. The molecule has 1 amide bonds. The number of nitrogens with two attached hydrogens (primary N) is 1. The molecule has 3 heteroatoms. The second-order valence-electron chi connectivity index (χ2n) is 2.32. The van der Waals surface area contributed by atoms with E-state index in [1.54, 1.807) is 6.92 Å². The van der Waals surface area contributed by atoms with Gasteiger partial charge in [-0.15, -0.1) is 0 Å². The molecule has 0 aliphatic heterocycles. The van der Waals surface area contributed by atoms with Crippen molar-refractivity contribution in [1.82, 2.24) is 0 Å². The summed E-state index contributed by atoms with van der Waals surface area (Å²) in [6.07, 6.45) is 0.0792. The lowest BCUT2D eigenvalue weighted by Gasteiger charge is -1.94. The maximum absolute atomic E-state index is 10.7. The molecule has 0 bridgehead atoms. The lowest BCUT2D eigenvalue weighted by molar-refractivity contribution is -0.125. The van der Waals surface area contributed by atoms with Gasteiger partial charge in [-0.3, -0.25) is 9.59 Å². The number of hydrogen-bond acceptors (Lipinski definition) is 2. The number of carbonyl (C=O) groups excluding carboxylic acids is 2. The Hall–Kier alpha value is -1.12. The van der Waals surface area contributed by atoms with Crippen LogP contribution in [0.3, 0.4) is 0 Å². The topological polar surface area (TPSA) is 60.2 Å². The zero-order chi connectivity index (χ0) is 8.15. The highest BCUT2D eigenvalue weighted by atomic mass is 16.2. The summed E-state index contributed by atoms with van der Waals surface area (Å²) >= 11 is 0. The van der Waals surface area contributed by atoms with Gasteiger partial charge in [-0.1, -0.05) is 12.2 Å². The number of amides is 1.